The van der Waals surface area contributed by atoms with E-state index in [-0.39, 0.29) is 16.7 Å². The van der Waals surface area contributed by atoms with Crippen molar-refractivity contribution in [2.45, 2.75) is 98.8 Å². The molecule has 0 aliphatic heterocycles. The maximum Gasteiger partial charge on any atom is 0.0461 e. The van der Waals surface area contributed by atoms with Crippen LogP contribution >= 0.6 is 0 Å². The molecule has 8 aromatic rings. The van der Waals surface area contributed by atoms with Gasteiger partial charge in [0.1, 0.15) is 0 Å². The molecule has 9 rings (SSSR count). The molecule has 1 aliphatic rings. The maximum atomic E-state index is 2.56. The Morgan fingerprint density at radius 3 is 1.20 bits per heavy atom. The molecule has 2 atom stereocenters. The number of anilines is 6. The van der Waals surface area contributed by atoms with E-state index in [0.29, 0.717) is 0 Å². The first-order chi connectivity index (χ1) is 31.3. The number of aryl methyl sites for hydroxylation is 5. The molecule has 326 valence electrons. The molecule has 2 nitrogen and oxygen atoms in total. The predicted octanol–water partition coefficient (Wildman–Crippen LogP) is 17.7. The first-order valence-electron chi connectivity index (χ1n) is 23.7. The Labute approximate surface area is 389 Å². The lowest BCUT2D eigenvalue weighted by Crippen LogP contribution is -2.24. The molecule has 0 spiro atoms. The van der Waals surface area contributed by atoms with E-state index in [1.165, 1.54) is 72.3 Å². The zero-order valence-corrected chi connectivity index (χ0v) is 40.1. The van der Waals surface area contributed by atoms with Gasteiger partial charge in [0.15, 0.2) is 0 Å². The van der Waals surface area contributed by atoms with Crippen LogP contribution in [0.25, 0.3) is 11.1 Å². The average molecular weight is 849 g/mol. The third-order valence-corrected chi connectivity index (χ3v) is 14.7. The highest BCUT2D eigenvalue weighted by molar-refractivity contribution is 5.83. The molecule has 0 heterocycles. The molecule has 1 aliphatic carbocycles. The zero-order valence-electron chi connectivity index (χ0n) is 40.1. The molecule has 0 bridgehead atoms. The van der Waals surface area contributed by atoms with E-state index in [4.69, 9.17) is 0 Å². The highest BCUT2D eigenvalue weighted by Crippen LogP contribution is 2.52. The number of rotatable bonds is 12. The Morgan fingerprint density at radius 1 is 0.431 bits per heavy atom. The Balaban J connectivity index is 1.02. The first kappa shape index (κ1) is 43.6. The maximum absolute atomic E-state index is 2.56. The van der Waals surface area contributed by atoms with Crippen molar-refractivity contribution in [3.63, 3.8) is 0 Å². The van der Waals surface area contributed by atoms with Crippen LogP contribution in [0.1, 0.15) is 115 Å². The van der Waals surface area contributed by atoms with Gasteiger partial charge in [-0.1, -0.05) is 160 Å². The molecular formula is C63H64N2. The van der Waals surface area contributed by atoms with Crippen LogP contribution in [0.2, 0.25) is 0 Å². The van der Waals surface area contributed by atoms with E-state index in [1.807, 2.05) is 0 Å². The zero-order chi connectivity index (χ0) is 45.6. The summed E-state index contributed by atoms with van der Waals surface area (Å²) in [7, 11) is 0. The van der Waals surface area contributed by atoms with E-state index in [1.54, 1.807) is 0 Å². The van der Waals surface area contributed by atoms with E-state index in [9.17, 15) is 0 Å². The summed E-state index contributed by atoms with van der Waals surface area (Å²) in [6.07, 6.45) is 2.02. The minimum Gasteiger partial charge on any atom is -0.311 e. The summed E-state index contributed by atoms with van der Waals surface area (Å²) in [5.41, 5.74) is 24.1. The van der Waals surface area contributed by atoms with Crippen LogP contribution in [-0.2, 0) is 10.8 Å². The number of nitrogens with zero attached hydrogens (tertiary/aromatic N) is 2. The molecule has 0 amide bonds. The third-order valence-electron chi connectivity index (χ3n) is 14.7. The minimum absolute atomic E-state index is 0.144. The van der Waals surface area contributed by atoms with Gasteiger partial charge in [-0.3, -0.25) is 0 Å². The second-order valence-electron chi connectivity index (χ2n) is 19.4. The van der Waals surface area contributed by atoms with Crippen molar-refractivity contribution in [1.29, 1.82) is 0 Å². The van der Waals surface area contributed by atoms with Crippen LogP contribution in [0.3, 0.4) is 0 Å². The molecule has 65 heavy (non-hydrogen) atoms. The van der Waals surface area contributed by atoms with Crippen LogP contribution in [0.4, 0.5) is 34.1 Å². The van der Waals surface area contributed by atoms with Crippen LogP contribution < -0.4 is 9.80 Å². The lowest BCUT2D eigenvalue weighted by molar-refractivity contribution is 0.547. The molecule has 0 fully saturated rings. The fraction of sp³-hybridized carbons (Fsp3) is 0.238. The summed E-state index contributed by atoms with van der Waals surface area (Å²) in [6, 6.07) is 66.4. The number of hydrogen-bond acceptors (Lipinski definition) is 2. The molecule has 0 radical (unpaired) electrons. The Kier molecular flexibility index (Phi) is 11.7. The van der Waals surface area contributed by atoms with Gasteiger partial charge < -0.3 is 9.80 Å². The first-order valence-corrected chi connectivity index (χ1v) is 23.7. The molecular weight excluding hydrogens is 785 g/mol. The smallest absolute Gasteiger partial charge is 0.0461 e. The lowest BCUT2D eigenvalue weighted by Gasteiger charge is -2.32. The van der Waals surface area contributed by atoms with Gasteiger partial charge >= 0.3 is 0 Å². The van der Waals surface area contributed by atoms with Crippen LogP contribution in [0.15, 0.2) is 176 Å². The minimum atomic E-state index is -0.161. The van der Waals surface area contributed by atoms with Crippen molar-refractivity contribution in [3.8, 4) is 11.1 Å². The van der Waals surface area contributed by atoms with E-state index < -0.39 is 0 Å². The van der Waals surface area contributed by atoms with Crippen molar-refractivity contribution in [2.75, 3.05) is 9.80 Å². The quantitative estimate of drug-likeness (QED) is 0.121. The van der Waals surface area contributed by atoms with Crippen LogP contribution in [-0.4, -0.2) is 0 Å². The Bertz CT molecular complexity index is 2850. The van der Waals surface area contributed by atoms with Gasteiger partial charge in [0.2, 0.25) is 0 Å². The highest BCUT2D eigenvalue weighted by atomic mass is 15.1. The van der Waals surface area contributed by atoms with Crippen molar-refractivity contribution in [3.05, 3.63) is 237 Å². The summed E-state index contributed by atoms with van der Waals surface area (Å²) in [6.45, 7) is 22.9. The summed E-state index contributed by atoms with van der Waals surface area (Å²) in [5, 5.41) is 0. The highest BCUT2D eigenvalue weighted by Gasteiger charge is 2.38. The normalized spacial score (nSPS) is 14.0. The van der Waals surface area contributed by atoms with E-state index in [0.717, 1.165) is 47.0 Å². The fourth-order valence-electron chi connectivity index (χ4n) is 10.3. The van der Waals surface area contributed by atoms with Gasteiger partial charge in [0, 0.05) is 50.9 Å². The van der Waals surface area contributed by atoms with Gasteiger partial charge in [-0.05, 0) is 170 Å². The van der Waals surface area contributed by atoms with Gasteiger partial charge in [-0.25, -0.2) is 0 Å². The van der Waals surface area contributed by atoms with Crippen LogP contribution in [0, 0.1) is 34.6 Å². The third kappa shape index (κ3) is 8.10. The molecule has 8 aromatic carbocycles. The number of fused-ring (bicyclic) bond motifs is 3. The largest absolute Gasteiger partial charge is 0.311 e. The van der Waals surface area contributed by atoms with Crippen molar-refractivity contribution < 1.29 is 0 Å². The Hall–Kier alpha value is -6.64. The van der Waals surface area contributed by atoms with E-state index in [2.05, 4.69) is 255 Å². The summed E-state index contributed by atoms with van der Waals surface area (Å²) < 4.78 is 0. The van der Waals surface area contributed by atoms with Gasteiger partial charge in [0.05, 0.1) is 0 Å². The SMILES string of the molecule is CCC(c1ccc(N(c2ccc(C)cc2)c2ccc(C)cc2)cc1)c1cc2c(cc1C)-c1ccc(C(C)(CC)c3ccc(N(c4ccc(C)cc4)c4ccc(C)cc4)cc3)cc1C2(C)C. The van der Waals surface area contributed by atoms with Gasteiger partial charge in [-0.15, -0.1) is 0 Å². The summed E-state index contributed by atoms with van der Waals surface area (Å²) >= 11 is 0. The predicted molar refractivity (Wildman–Crippen MR) is 279 cm³/mol. The monoisotopic (exact) mass is 849 g/mol. The van der Waals surface area contributed by atoms with Gasteiger partial charge in [-0.2, -0.15) is 0 Å². The second-order valence-corrected chi connectivity index (χ2v) is 19.4. The molecule has 0 N–H and O–H groups in total. The standard InChI is InChI=1S/C63H64N2/c1-11-56(47-21-34-54(35-22-47)64(50-26-13-42(3)14-27-50)51-28-15-43(4)16-29-51)58-41-61-59(39-46(58)7)57-38-25-49(40-60(57)62(61,8)9)63(10,12-2)48-23-36-55(37-24-48)65(52-30-17-44(5)18-31-52)53-32-19-45(6)20-33-53/h13-41,56H,11-12H2,1-10H3. The number of benzene rings is 8. The van der Waals surface area contributed by atoms with Crippen molar-refractivity contribution >= 4 is 34.1 Å². The molecule has 2 unspecified atom stereocenters. The molecule has 0 saturated carbocycles. The molecule has 2 heteroatoms. The summed E-state index contributed by atoms with van der Waals surface area (Å²) in [4.78, 5) is 4.73. The molecule has 0 aromatic heterocycles. The van der Waals surface area contributed by atoms with Crippen molar-refractivity contribution in [2.24, 2.45) is 0 Å². The Morgan fingerprint density at radius 2 is 0.800 bits per heavy atom. The summed E-state index contributed by atoms with van der Waals surface area (Å²) in [5.74, 6) is 0.288. The van der Waals surface area contributed by atoms with Gasteiger partial charge in [0.25, 0.3) is 0 Å². The van der Waals surface area contributed by atoms with Crippen LogP contribution in [0.5, 0.6) is 0 Å². The number of hydrogen-bond donors (Lipinski definition) is 0. The topological polar surface area (TPSA) is 6.48 Å². The lowest BCUT2D eigenvalue weighted by atomic mass is 9.72. The second kappa shape index (κ2) is 17.4. The average Bonchev–Trinajstić information content (AvgIpc) is 3.53. The fourth-order valence-corrected chi connectivity index (χ4v) is 10.3. The molecule has 0 saturated heterocycles. The van der Waals surface area contributed by atoms with Crippen molar-refractivity contribution in [1.82, 2.24) is 0 Å². The van der Waals surface area contributed by atoms with E-state index >= 15 is 0 Å².